The van der Waals surface area contributed by atoms with Gasteiger partial charge in [-0.1, -0.05) is 24.3 Å². The van der Waals surface area contributed by atoms with Gasteiger partial charge in [-0.25, -0.2) is 17.9 Å². The van der Waals surface area contributed by atoms with Gasteiger partial charge in [-0.05, 0) is 42.8 Å². The number of esters is 1. The van der Waals surface area contributed by atoms with Gasteiger partial charge in [0.25, 0.3) is 5.91 Å². The molecular weight excluding hydrogens is 396 g/mol. The molecule has 154 valence electrons. The Morgan fingerprint density at radius 2 is 1.86 bits per heavy atom. The van der Waals surface area contributed by atoms with Crippen molar-refractivity contribution in [2.24, 2.45) is 0 Å². The fraction of sp³-hybridized carbons (Fsp3) is 0.300. The monoisotopic (exact) mass is 418 g/mol. The summed E-state index contributed by atoms with van der Waals surface area (Å²) in [6.45, 7) is 0.612. The van der Waals surface area contributed by atoms with Crippen LogP contribution >= 0.6 is 0 Å². The van der Waals surface area contributed by atoms with Crippen molar-refractivity contribution in [1.29, 1.82) is 0 Å². The molecule has 0 fully saturated rings. The van der Waals surface area contributed by atoms with E-state index in [1.807, 2.05) is 24.3 Å². The summed E-state index contributed by atoms with van der Waals surface area (Å²) >= 11 is 0. The maximum Gasteiger partial charge on any atom is 0.338 e. The SMILES string of the molecule is CNS(=O)(=O)c1cc(C(=O)OCC(=O)N2CCc3ccccc3C2)ccc1OC. The number of ether oxygens (including phenoxy) is 2. The van der Waals surface area contributed by atoms with Crippen LogP contribution in [0.4, 0.5) is 0 Å². The summed E-state index contributed by atoms with van der Waals surface area (Å²) in [7, 11) is -1.24. The van der Waals surface area contributed by atoms with E-state index in [1.54, 1.807) is 4.90 Å². The molecule has 29 heavy (non-hydrogen) atoms. The third-order valence-corrected chi connectivity index (χ3v) is 6.20. The van der Waals surface area contributed by atoms with E-state index < -0.39 is 22.6 Å². The second-order valence-electron chi connectivity index (χ2n) is 6.48. The first-order valence-electron chi connectivity index (χ1n) is 8.99. The molecule has 8 nitrogen and oxygen atoms in total. The van der Waals surface area contributed by atoms with Crippen molar-refractivity contribution in [1.82, 2.24) is 9.62 Å². The molecule has 9 heteroatoms. The molecule has 2 aromatic carbocycles. The summed E-state index contributed by atoms with van der Waals surface area (Å²) in [5.74, 6) is -0.991. The van der Waals surface area contributed by atoms with E-state index in [1.165, 1.54) is 31.9 Å². The highest BCUT2D eigenvalue weighted by atomic mass is 32.2. The minimum absolute atomic E-state index is 0.0106. The Hall–Kier alpha value is -2.91. The molecule has 0 aliphatic carbocycles. The maximum absolute atomic E-state index is 12.4. The predicted octanol–water partition coefficient (Wildman–Crippen LogP) is 1.34. The van der Waals surface area contributed by atoms with Crippen molar-refractivity contribution in [3.05, 3.63) is 59.2 Å². The van der Waals surface area contributed by atoms with Gasteiger partial charge < -0.3 is 14.4 Å². The number of nitrogens with one attached hydrogen (secondary N) is 1. The van der Waals surface area contributed by atoms with Gasteiger partial charge in [0, 0.05) is 13.1 Å². The molecule has 1 aliphatic heterocycles. The minimum Gasteiger partial charge on any atom is -0.495 e. The van der Waals surface area contributed by atoms with Gasteiger partial charge in [0.15, 0.2) is 6.61 Å². The number of rotatable bonds is 6. The quantitative estimate of drug-likeness (QED) is 0.711. The smallest absolute Gasteiger partial charge is 0.338 e. The predicted molar refractivity (Wildman–Crippen MR) is 105 cm³/mol. The van der Waals surface area contributed by atoms with E-state index in [2.05, 4.69) is 4.72 Å². The lowest BCUT2D eigenvalue weighted by Gasteiger charge is -2.28. The van der Waals surface area contributed by atoms with Crippen LogP contribution in [-0.2, 0) is 32.5 Å². The molecule has 0 bridgehead atoms. The second-order valence-corrected chi connectivity index (χ2v) is 8.34. The molecule has 1 aliphatic rings. The fourth-order valence-electron chi connectivity index (χ4n) is 3.13. The van der Waals surface area contributed by atoms with E-state index >= 15 is 0 Å². The van der Waals surface area contributed by atoms with Crippen molar-refractivity contribution in [2.75, 3.05) is 27.3 Å². The first kappa shape index (κ1) is 20.8. The summed E-state index contributed by atoms with van der Waals surface area (Å²) in [4.78, 5) is 26.2. The average Bonchev–Trinajstić information content (AvgIpc) is 2.76. The zero-order valence-corrected chi connectivity index (χ0v) is 17.0. The highest BCUT2D eigenvalue weighted by Crippen LogP contribution is 2.25. The third-order valence-electron chi connectivity index (χ3n) is 4.77. The highest BCUT2D eigenvalue weighted by molar-refractivity contribution is 7.89. The molecule has 0 unspecified atom stereocenters. The molecule has 0 saturated heterocycles. The van der Waals surface area contributed by atoms with Gasteiger partial charge in [0.2, 0.25) is 10.0 Å². The van der Waals surface area contributed by atoms with Crippen LogP contribution in [-0.4, -0.2) is 52.5 Å². The molecule has 0 saturated carbocycles. The number of sulfonamides is 1. The van der Waals surface area contributed by atoms with E-state index in [4.69, 9.17) is 9.47 Å². The number of methoxy groups -OCH3 is 1. The largest absolute Gasteiger partial charge is 0.495 e. The minimum atomic E-state index is -3.83. The third kappa shape index (κ3) is 4.57. The zero-order chi connectivity index (χ0) is 21.0. The molecule has 1 heterocycles. The number of carbonyl (C=O) groups excluding carboxylic acids is 2. The Morgan fingerprint density at radius 1 is 1.14 bits per heavy atom. The number of hydrogen-bond acceptors (Lipinski definition) is 6. The summed E-state index contributed by atoms with van der Waals surface area (Å²) in [6, 6.07) is 11.8. The standard InChI is InChI=1S/C20H22N2O6S/c1-21-29(25,26)18-11-15(7-8-17(18)27-2)20(24)28-13-19(23)22-10-9-14-5-3-4-6-16(14)12-22/h3-8,11,21H,9-10,12-13H2,1-2H3. The van der Waals surface area contributed by atoms with Crippen LogP contribution in [0.5, 0.6) is 5.75 Å². The average molecular weight is 418 g/mol. The van der Waals surface area contributed by atoms with Crippen LogP contribution in [0, 0.1) is 0 Å². The summed E-state index contributed by atoms with van der Waals surface area (Å²) in [5.41, 5.74) is 2.30. The molecular formula is C20H22N2O6S. The van der Waals surface area contributed by atoms with Crippen molar-refractivity contribution >= 4 is 21.9 Å². The number of carbonyl (C=O) groups is 2. The normalized spacial score (nSPS) is 13.5. The van der Waals surface area contributed by atoms with Gasteiger partial charge in [-0.2, -0.15) is 0 Å². The van der Waals surface area contributed by atoms with E-state index in [9.17, 15) is 18.0 Å². The second kappa shape index (κ2) is 8.62. The van der Waals surface area contributed by atoms with Crippen LogP contribution in [0.2, 0.25) is 0 Å². The van der Waals surface area contributed by atoms with E-state index in [0.29, 0.717) is 13.1 Å². The van der Waals surface area contributed by atoms with Crippen molar-refractivity contribution in [3.8, 4) is 5.75 Å². The number of fused-ring (bicyclic) bond motifs is 1. The Balaban J connectivity index is 1.67. The Labute approximate surface area is 169 Å². The number of nitrogens with zero attached hydrogens (tertiary/aromatic N) is 1. The van der Waals surface area contributed by atoms with Gasteiger partial charge in [0.05, 0.1) is 12.7 Å². The summed E-state index contributed by atoms with van der Waals surface area (Å²) in [6.07, 6.45) is 0.750. The fourth-order valence-corrected chi connectivity index (χ4v) is 4.05. The van der Waals surface area contributed by atoms with Crippen molar-refractivity contribution < 1.29 is 27.5 Å². The lowest BCUT2D eigenvalue weighted by molar-refractivity contribution is -0.135. The first-order chi connectivity index (χ1) is 13.9. The lowest BCUT2D eigenvalue weighted by atomic mass is 10.00. The molecule has 1 N–H and O–H groups in total. The topological polar surface area (TPSA) is 102 Å². The summed E-state index contributed by atoms with van der Waals surface area (Å²) < 4.78 is 36.6. The Bertz CT molecular complexity index is 1040. The molecule has 0 spiro atoms. The zero-order valence-electron chi connectivity index (χ0n) is 16.2. The molecule has 0 atom stereocenters. The molecule has 0 aromatic heterocycles. The number of hydrogen-bond donors (Lipinski definition) is 1. The van der Waals surface area contributed by atoms with E-state index in [0.717, 1.165) is 18.1 Å². The van der Waals surface area contributed by atoms with Crippen LogP contribution in [0.3, 0.4) is 0 Å². The van der Waals surface area contributed by atoms with Gasteiger partial charge in [-0.15, -0.1) is 0 Å². The molecule has 0 radical (unpaired) electrons. The van der Waals surface area contributed by atoms with Gasteiger partial charge >= 0.3 is 5.97 Å². The van der Waals surface area contributed by atoms with Crippen molar-refractivity contribution in [2.45, 2.75) is 17.9 Å². The summed E-state index contributed by atoms with van der Waals surface area (Å²) in [5, 5.41) is 0. The molecule has 3 rings (SSSR count). The van der Waals surface area contributed by atoms with Gasteiger partial charge in [-0.3, -0.25) is 4.79 Å². The van der Waals surface area contributed by atoms with Crippen LogP contribution in [0.25, 0.3) is 0 Å². The van der Waals surface area contributed by atoms with Crippen LogP contribution in [0.1, 0.15) is 21.5 Å². The van der Waals surface area contributed by atoms with E-state index in [-0.39, 0.29) is 22.1 Å². The van der Waals surface area contributed by atoms with Crippen molar-refractivity contribution in [3.63, 3.8) is 0 Å². The number of benzene rings is 2. The highest BCUT2D eigenvalue weighted by Gasteiger charge is 2.23. The Kier molecular flexibility index (Phi) is 6.19. The molecule has 1 amide bonds. The molecule has 2 aromatic rings. The lowest BCUT2D eigenvalue weighted by Crippen LogP contribution is -2.38. The first-order valence-corrected chi connectivity index (χ1v) is 10.5. The van der Waals surface area contributed by atoms with Gasteiger partial charge in [0.1, 0.15) is 10.6 Å². The van der Waals surface area contributed by atoms with Crippen LogP contribution < -0.4 is 9.46 Å². The van der Waals surface area contributed by atoms with Crippen LogP contribution in [0.15, 0.2) is 47.4 Å². The maximum atomic E-state index is 12.4. The number of amides is 1. The Morgan fingerprint density at radius 3 is 2.55 bits per heavy atom.